The molecule has 0 aromatic heterocycles. The van der Waals surface area contributed by atoms with Gasteiger partial charge in [-0.15, -0.1) is 0 Å². The molecule has 4 heteroatoms. The Morgan fingerprint density at radius 3 is 2.78 bits per heavy atom. The minimum absolute atomic E-state index is 0.593. The van der Waals surface area contributed by atoms with E-state index in [0.717, 1.165) is 16.8 Å². The van der Waals surface area contributed by atoms with Gasteiger partial charge in [-0.3, -0.25) is 4.90 Å². The fourth-order valence-electron chi connectivity index (χ4n) is 1.73. The van der Waals surface area contributed by atoms with Crippen molar-refractivity contribution in [1.29, 1.82) is 0 Å². The molecule has 1 aromatic rings. The van der Waals surface area contributed by atoms with E-state index in [2.05, 4.69) is 53.2 Å². The summed E-state index contributed by atoms with van der Waals surface area (Å²) in [6.07, 6.45) is 3.38. The first-order valence-corrected chi connectivity index (χ1v) is 8.28. The lowest BCUT2D eigenvalue weighted by Crippen LogP contribution is -2.29. The Balaban J connectivity index is 2.65. The average Bonchev–Trinajstić information content (AvgIpc) is 2.38. The summed E-state index contributed by atoms with van der Waals surface area (Å²) in [6, 6.07) is 6.72. The zero-order chi connectivity index (χ0) is 13.5. The van der Waals surface area contributed by atoms with E-state index in [1.165, 1.54) is 17.7 Å². The Labute approximate surface area is 123 Å². The van der Waals surface area contributed by atoms with Crippen molar-refractivity contribution < 1.29 is 4.74 Å². The van der Waals surface area contributed by atoms with Gasteiger partial charge in [0.15, 0.2) is 0 Å². The van der Waals surface area contributed by atoms with Crippen molar-refractivity contribution in [3.05, 3.63) is 28.2 Å². The molecule has 0 aliphatic carbocycles. The normalized spacial score (nSPS) is 12.8. The second kappa shape index (κ2) is 8.08. The Hall–Kier alpha value is -0.190. The highest BCUT2D eigenvalue weighted by atomic mass is 79.9. The maximum absolute atomic E-state index is 5.27. The maximum Gasteiger partial charge on any atom is 0.119 e. The van der Waals surface area contributed by atoms with Gasteiger partial charge in [0.2, 0.25) is 0 Å². The number of hydrogen-bond donors (Lipinski definition) is 0. The number of hydrogen-bond acceptors (Lipinski definition) is 3. The van der Waals surface area contributed by atoms with E-state index in [1.54, 1.807) is 7.11 Å². The summed E-state index contributed by atoms with van der Waals surface area (Å²) >= 11 is 5.51. The summed E-state index contributed by atoms with van der Waals surface area (Å²) in [5, 5.41) is 0. The lowest BCUT2D eigenvalue weighted by molar-refractivity contribution is 0.244. The molecule has 0 radical (unpaired) electrons. The molecule has 102 valence electrons. The molecule has 0 spiro atoms. The molecule has 0 heterocycles. The second-order valence-corrected chi connectivity index (χ2v) is 6.34. The Morgan fingerprint density at radius 2 is 2.17 bits per heavy atom. The Bertz CT molecular complexity index is 373. The van der Waals surface area contributed by atoms with Gasteiger partial charge in [-0.1, -0.05) is 15.9 Å². The van der Waals surface area contributed by atoms with Crippen molar-refractivity contribution in [3.63, 3.8) is 0 Å². The number of rotatable bonds is 7. The van der Waals surface area contributed by atoms with Gasteiger partial charge in [0.1, 0.15) is 5.75 Å². The van der Waals surface area contributed by atoms with Crippen LogP contribution in [0.4, 0.5) is 0 Å². The summed E-state index contributed by atoms with van der Waals surface area (Å²) in [7, 11) is 3.88. The Morgan fingerprint density at radius 1 is 1.44 bits per heavy atom. The highest BCUT2D eigenvalue weighted by molar-refractivity contribution is 9.10. The van der Waals surface area contributed by atoms with Crippen LogP contribution in [0, 0.1) is 0 Å². The molecular weight excluding hydrogens is 310 g/mol. The van der Waals surface area contributed by atoms with Crippen molar-refractivity contribution in [1.82, 2.24) is 4.90 Å². The van der Waals surface area contributed by atoms with Crippen LogP contribution >= 0.6 is 27.7 Å². The number of methoxy groups -OCH3 is 1. The molecule has 0 saturated carbocycles. The van der Waals surface area contributed by atoms with Gasteiger partial charge in [0.05, 0.1) is 7.11 Å². The summed E-state index contributed by atoms with van der Waals surface area (Å²) in [5.41, 5.74) is 1.27. The predicted molar refractivity (Wildman–Crippen MR) is 84.6 cm³/mol. The van der Waals surface area contributed by atoms with Crippen LogP contribution in [0.2, 0.25) is 0 Å². The molecule has 1 aromatic carbocycles. The van der Waals surface area contributed by atoms with Gasteiger partial charge >= 0.3 is 0 Å². The third kappa shape index (κ3) is 4.82. The lowest BCUT2D eigenvalue weighted by atomic mass is 10.1. The summed E-state index contributed by atoms with van der Waals surface area (Å²) in [5.74, 6) is 2.13. The highest BCUT2D eigenvalue weighted by Gasteiger charge is 2.11. The number of thioether (sulfide) groups is 1. The van der Waals surface area contributed by atoms with Crippen LogP contribution in [0.15, 0.2) is 22.7 Å². The lowest BCUT2D eigenvalue weighted by Gasteiger charge is -2.25. The maximum atomic E-state index is 5.27. The van der Waals surface area contributed by atoms with Crippen molar-refractivity contribution in [2.45, 2.75) is 25.9 Å². The summed E-state index contributed by atoms with van der Waals surface area (Å²) in [4.78, 5) is 2.38. The molecule has 0 fully saturated rings. The van der Waals surface area contributed by atoms with Gasteiger partial charge in [-0.2, -0.15) is 11.8 Å². The zero-order valence-electron chi connectivity index (χ0n) is 11.6. The number of halogens is 1. The minimum Gasteiger partial charge on any atom is -0.497 e. The average molecular weight is 332 g/mol. The standard InChI is InChI=1S/C14H22BrNOS/c1-11(7-8-18-4)16(2)10-12-9-13(17-3)5-6-14(12)15/h5-6,9,11H,7-8,10H2,1-4H3. The van der Waals surface area contributed by atoms with Crippen molar-refractivity contribution in [2.24, 2.45) is 0 Å². The molecule has 0 saturated heterocycles. The van der Waals surface area contributed by atoms with E-state index in [-0.39, 0.29) is 0 Å². The monoisotopic (exact) mass is 331 g/mol. The number of nitrogens with zero attached hydrogens (tertiary/aromatic N) is 1. The fraction of sp³-hybridized carbons (Fsp3) is 0.571. The third-order valence-corrected chi connectivity index (χ3v) is 4.58. The first kappa shape index (κ1) is 15.9. The minimum atomic E-state index is 0.593. The Kier molecular flexibility index (Phi) is 7.12. The van der Waals surface area contributed by atoms with E-state index in [0.29, 0.717) is 6.04 Å². The topological polar surface area (TPSA) is 12.5 Å². The van der Waals surface area contributed by atoms with Gasteiger partial charge < -0.3 is 4.74 Å². The van der Waals surface area contributed by atoms with Gasteiger partial charge in [0.25, 0.3) is 0 Å². The summed E-state index contributed by atoms with van der Waals surface area (Å²) in [6.45, 7) is 3.22. The molecular formula is C14H22BrNOS. The van der Waals surface area contributed by atoms with Crippen LogP contribution in [-0.2, 0) is 6.54 Å². The van der Waals surface area contributed by atoms with E-state index < -0.39 is 0 Å². The summed E-state index contributed by atoms with van der Waals surface area (Å²) < 4.78 is 6.42. The molecule has 2 nitrogen and oxygen atoms in total. The molecule has 1 rings (SSSR count). The molecule has 1 atom stereocenters. The van der Waals surface area contributed by atoms with E-state index in [4.69, 9.17) is 4.74 Å². The number of benzene rings is 1. The van der Waals surface area contributed by atoms with Gasteiger partial charge in [-0.25, -0.2) is 0 Å². The van der Waals surface area contributed by atoms with E-state index in [1.807, 2.05) is 17.8 Å². The smallest absolute Gasteiger partial charge is 0.119 e. The van der Waals surface area contributed by atoms with Crippen LogP contribution in [-0.4, -0.2) is 37.1 Å². The van der Waals surface area contributed by atoms with Crippen molar-refractivity contribution in [2.75, 3.05) is 26.2 Å². The molecule has 0 aliphatic heterocycles. The molecule has 0 N–H and O–H groups in total. The predicted octanol–water partition coefficient (Wildman–Crippen LogP) is 4.03. The van der Waals surface area contributed by atoms with Crippen LogP contribution in [0.3, 0.4) is 0 Å². The molecule has 0 amide bonds. The largest absolute Gasteiger partial charge is 0.497 e. The van der Waals surface area contributed by atoms with Gasteiger partial charge in [0, 0.05) is 17.1 Å². The van der Waals surface area contributed by atoms with E-state index >= 15 is 0 Å². The van der Waals surface area contributed by atoms with Gasteiger partial charge in [-0.05, 0) is 56.2 Å². The SMILES string of the molecule is COc1ccc(Br)c(CN(C)C(C)CCSC)c1. The molecule has 1 unspecified atom stereocenters. The third-order valence-electron chi connectivity index (χ3n) is 3.16. The molecule has 0 aliphatic rings. The van der Waals surface area contributed by atoms with Crippen LogP contribution in [0.1, 0.15) is 18.9 Å². The zero-order valence-corrected chi connectivity index (χ0v) is 14.0. The quantitative estimate of drug-likeness (QED) is 0.748. The number of ether oxygens (including phenoxy) is 1. The van der Waals surface area contributed by atoms with Crippen molar-refractivity contribution >= 4 is 27.7 Å². The second-order valence-electron chi connectivity index (χ2n) is 4.50. The first-order valence-electron chi connectivity index (χ1n) is 6.10. The first-order chi connectivity index (χ1) is 8.58. The van der Waals surface area contributed by atoms with Crippen LogP contribution in [0.25, 0.3) is 0 Å². The highest BCUT2D eigenvalue weighted by Crippen LogP contribution is 2.24. The van der Waals surface area contributed by atoms with E-state index in [9.17, 15) is 0 Å². The van der Waals surface area contributed by atoms with Crippen LogP contribution in [0.5, 0.6) is 5.75 Å². The fourth-order valence-corrected chi connectivity index (χ4v) is 2.68. The molecule has 0 bridgehead atoms. The van der Waals surface area contributed by atoms with Crippen molar-refractivity contribution in [3.8, 4) is 5.75 Å². The molecule has 18 heavy (non-hydrogen) atoms. The van der Waals surface area contributed by atoms with Crippen LogP contribution < -0.4 is 4.74 Å².